The van der Waals surface area contributed by atoms with Crippen LogP contribution in [0.5, 0.6) is 11.5 Å². The summed E-state index contributed by atoms with van der Waals surface area (Å²) in [6.45, 7) is 2.96. The molecule has 0 aliphatic carbocycles. The fraction of sp³-hybridized carbons (Fsp3) is 0.120. The van der Waals surface area contributed by atoms with Crippen LogP contribution < -0.4 is 20.1 Å². The predicted octanol–water partition coefficient (Wildman–Crippen LogP) is 5.96. The molecule has 0 spiro atoms. The van der Waals surface area contributed by atoms with E-state index in [2.05, 4.69) is 15.6 Å². The lowest BCUT2D eigenvalue weighted by molar-refractivity contribution is 0.102. The van der Waals surface area contributed by atoms with E-state index < -0.39 is 0 Å². The van der Waals surface area contributed by atoms with E-state index in [1.165, 1.54) is 0 Å². The quantitative estimate of drug-likeness (QED) is 0.405. The third-order valence-electron chi connectivity index (χ3n) is 5.27. The summed E-state index contributed by atoms with van der Waals surface area (Å²) in [5, 5.41) is 8.54. The van der Waals surface area contributed by atoms with Crippen molar-refractivity contribution in [3.63, 3.8) is 0 Å². The lowest BCUT2D eigenvalue weighted by Gasteiger charge is -2.19. The number of hydrogen-bond donors (Lipinski definition) is 2. The first-order valence-corrected chi connectivity index (χ1v) is 10.6. The molecule has 2 heterocycles. The summed E-state index contributed by atoms with van der Waals surface area (Å²) >= 11 is 6.26. The zero-order valence-corrected chi connectivity index (χ0v) is 18.1. The summed E-state index contributed by atoms with van der Waals surface area (Å²) in [4.78, 5) is 17.6. The first-order valence-electron chi connectivity index (χ1n) is 10.2. The lowest BCUT2D eigenvalue weighted by atomic mass is 10.1. The molecule has 32 heavy (non-hydrogen) atoms. The highest BCUT2D eigenvalue weighted by Gasteiger charge is 2.16. The van der Waals surface area contributed by atoms with Gasteiger partial charge in [-0.1, -0.05) is 41.9 Å². The molecule has 1 aromatic heterocycles. The summed E-state index contributed by atoms with van der Waals surface area (Å²) in [5.74, 6) is 1.69. The van der Waals surface area contributed by atoms with Crippen LogP contribution in [0, 0.1) is 6.92 Å². The van der Waals surface area contributed by atoms with Gasteiger partial charge in [-0.2, -0.15) is 0 Å². The van der Waals surface area contributed by atoms with Gasteiger partial charge >= 0.3 is 0 Å². The molecule has 3 aromatic carbocycles. The number of halogens is 1. The Morgan fingerprint density at radius 1 is 0.938 bits per heavy atom. The number of anilines is 3. The highest BCUT2D eigenvalue weighted by Crippen LogP contribution is 2.33. The van der Waals surface area contributed by atoms with E-state index in [9.17, 15) is 4.79 Å². The minimum Gasteiger partial charge on any atom is -0.486 e. The highest BCUT2D eigenvalue weighted by molar-refractivity contribution is 6.31. The normalized spacial score (nSPS) is 12.4. The number of carbonyl (C=O) groups is 1. The Kier molecular flexibility index (Phi) is 5.29. The summed E-state index contributed by atoms with van der Waals surface area (Å²) in [5.41, 5.74) is 2.93. The number of nitrogens with one attached hydrogen (secondary N) is 2. The van der Waals surface area contributed by atoms with Crippen LogP contribution in [0.15, 0.2) is 66.9 Å². The zero-order valence-electron chi connectivity index (χ0n) is 17.3. The Morgan fingerprint density at radius 2 is 1.69 bits per heavy atom. The van der Waals surface area contributed by atoms with E-state index >= 15 is 0 Å². The van der Waals surface area contributed by atoms with Crippen molar-refractivity contribution < 1.29 is 14.3 Å². The molecule has 1 aliphatic heterocycles. The van der Waals surface area contributed by atoms with Gasteiger partial charge in [-0.15, -0.1) is 0 Å². The largest absolute Gasteiger partial charge is 0.486 e. The standard InChI is InChI=1S/C25H20ClN3O3/c1-15-6-7-16(12-21(15)26)28-24-19-5-3-2-4-18(19)20(14-27-24)25(30)29-17-8-9-22-23(13-17)32-11-10-31-22/h2-9,12-14H,10-11H2,1H3,(H,27,28)(H,29,30). The number of fused-ring (bicyclic) bond motifs is 2. The summed E-state index contributed by atoms with van der Waals surface area (Å²) in [6.07, 6.45) is 1.58. The molecule has 7 heteroatoms. The minimum absolute atomic E-state index is 0.254. The maximum absolute atomic E-state index is 13.1. The van der Waals surface area contributed by atoms with Gasteiger partial charge in [0.05, 0.1) is 5.56 Å². The van der Waals surface area contributed by atoms with Gasteiger partial charge in [-0.3, -0.25) is 4.79 Å². The van der Waals surface area contributed by atoms with Gasteiger partial charge in [0, 0.05) is 34.0 Å². The van der Waals surface area contributed by atoms with Gasteiger partial charge < -0.3 is 20.1 Å². The molecular weight excluding hydrogens is 426 g/mol. The molecule has 0 atom stereocenters. The molecule has 6 nitrogen and oxygen atoms in total. The third kappa shape index (κ3) is 3.92. The molecule has 160 valence electrons. The van der Waals surface area contributed by atoms with Crippen molar-refractivity contribution in [3.8, 4) is 11.5 Å². The summed E-state index contributed by atoms with van der Waals surface area (Å²) < 4.78 is 11.1. The average molecular weight is 446 g/mol. The van der Waals surface area contributed by atoms with E-state index in [4.69, 9.17) is 21.1 Å². The van der Waals surface area contributed by atoms with Gasteiger partial charge in [0.25, 0.3) is 5.91 Å². The first kappa shape index (κ1) is 20.2. The number of aryl methyl sites for hydroxylation is 1. The number of rotatable bonds is 4. The molecule has 1 aliphatic rings. The van der Waals surface area contributed by atoms with Crippen molar-refractivity contribution in [2.24, 2.45) is 0 Å². The summed E-state index contributed by atoms with van der Waals surface area (Å²) in [7, 11) is 0. The van der Waals surface area contributed by atoms with Crippen LogP contribution in [0.4, 0.5) is 17.2 Å². The molecular formula is C25H20ClN3O3. The van der Waals surface area contributed by atoms with Gasteiger partial charge in [0.15, 0.2) is 11.5 Å². The third-order valence-corrected chi connectivity index (χ3v) is 5.68. The van der Waals surface area contributed by atoms with E-state index in [1.807, 2.05) is 49.4 Å². The summed E-state index contributed by atoms with van der Waals surface area (Å²) in [6, 6.07) is 18.7. The molecule has 0 radical (unpaired) electrons. The number of nitrogens with zero attached hydrogens (tertiary/aromatic N) is 1. The number of amides is 1. The molecule has 0 unspecified atom stereocenters. The Morgan fingerprint density at radius 3 is 2.50 bits per heavy atom. The number of hydrogen-bond acceptors (Lipinski definition) is 5. The first-order chi connectivity index (χ1) is 15.6. The monoisotopic (exact) mass is 445 g/mol. The number of pyridine rings is 1. The number of carbonyl (C=O) groups excluding carboxylic acids is 1. The zero-order chi connectivity index (χ0) is 22.1. The molecule has 4 aromatic rings. The van der Waals surface area contributed by atoms with Gasteiger partial charge in [-0.05, 0) is 42.1 Å². The van der Waals surface area contributed by atoms with Crippen LogP contribution in [0.25, 0.3) is 10.8 Å². The van der Waals surface area contributed by atoms with Crippen molar-refractivity contribution in [2.75, 3.05) is 23.8 Å². The highest BCUT2D eigenvalue weighted by atomic mass is 35.5. The van der Waals surface area contributed by atoms with Crippen molar-refractivity contribution in [1.29, 1.82) is 0 Å². The predicted molar refractivity (Wildman–Crippen MR) is 127 cm³/mol. The molecule has 5 rings (SSSR count). The van der Waals surface area contributed by atoms with Crippen molar-refractivity contribution in [1.82, 2.24) is 4.98 Å². The van der Waals surface area contributed by atoms with Crippen LogP contribution in [0.3, 0.4) is 0 Å². The van der Waals surface area contributed by atoms with E-state index in [1.54, 1.807) is 24.4 Å². The fourth-order valence-electron chi connectivity index (χ4n) is 3.60. The molecule has 0 fully saturated rings. The molecule has 2 N–H and O–H groups in total. The maximum Gasteiger partial charge on any atom is 0.257 e. The van der Waals surface area contributed by atoms with Crippen LogP contribution in [-0.4, -0.2) is 24.1 Å². The van der Waals surface area contributed by atoms with Crippen LogP contribution in [-0.2, 0) is 0 Å². The SMILES string of the molecule is Cc1ccc(Nc2ncc(C(=O)Nc3ccc4c(c3)OCCO4)c3ccccc23)cc1Cl. The lowest BCUT2D eigenvalue weighted by Crippen LogP contribution is -2.16. The van der Waals surface area contributed by atoms with Crippen LogP contribution >= 0.6 is 11.6 Å². The van der Waals surface area contributed by atoms with Crippen molar-refractivity contribution in [3.05, 3.63) is 83.0 Å². The van der Waals surface area contributed by atoms with Gasteiger partial charge in [0.2, 0.25) is 0 Å². The van der Waals surface area contributed by atoms with Crippen molar-refractivity contribution in [2.45, 2.75) is 6.92 Å². The van der Waals surface area contributed by atoms with Crippen LogP contribution in [0.2, 0.25) is 5.02 Å². The number of ether oxygens (including phenoxy) is 2. The maximum atomic E-state index is 13.1. The number of aromatic nitrogens is 1. The van der Waals surface area contributed by atoms with Crippen molar-refractivity contribution >= 4 is 45.5 Å². The second kappa shape index (κ2) is 8.40. The molecule has 0 saturated heterocycles. The second-order valence-corrected chi connectivity index (χ2v) is 7.87. The molecule has 0 bridgehead atoms. The van der Waals surface area contributed by atoms with Gasteiger partial charge in [-0.25, -0.2) is 4.98 Å². The average Bonchev–Trinajstić information content (AvgIpc) is 2.81. The number of benzene rings is 3. The Balaban J connectivity index is 1.45. The smallest absolute Gasteiger partial charge is 0.257 e. The van der Waals surface area contributed by atoms with E-state index in [0.29, 0.717) is 46.8 Å². The van der Waals surface area contributed by atoms with Gasteiger partial charge in [0.1, 0.15) is 19.0 Å². The molecule has 0 saturated carbocycles. The minimum atomic E-state index is -0.254. The topological polar surface area (TPSA) is 72.5 Å². The second-order valence-electron chi connectivity index (χ2n) is 7.47. The molecule has 1 amide bonds. The Hall–Kier alpha value is -3.77. The van der Waals surface area contributed by atoms with E-state index in [0.717, 1.165) is 22.0 Å². The fourth-order valence-corrected chi connectivity index (χ4v) is 3.78. The Bertz CT molecular complexity index is 1340. The van der Waals surface area contributed by atoms with E-state index in [-0.39, 0.29) is 5.91 Å². The Labute approximate surface area is 190 Å². The van der Waals surface area contributed by atoms with Crippen LogP contribution in [0.1, 0.15) is 15.9 Å².